The number of nitrogens with one attached hydrogen (secondary N) is 1. The Morgan fingerprint density at radius 3 is 2.65 bits per heavy atom. The van der Waals surface area contributed by atoms with Crippen molar-refractivity contribution in [2.75, 3.05) is 10.5 Å². The highest BCUT2D eigenvalue weighted by atomic mass is 35.5. The monoisotopic (exact) mass is 332 g/mol. The number of hydrogen-bond donors (Lipinski definition) is 2. The van der Waals surface area contributed by atoms with Gasteiger partial charge in [0.15, 0.2) is 11.0 Å². The molecule has 0 saturated carbocycles. The van der Waals surface area contributed by atoms with Gasteiger partial charge in [0.05, 0.1) is 4.90 Å². The maximum atomic E-state index is 12.3. The standard InChI is InChI=1S/C11H10Cl2N4O2S/c1-6-2-3-7(14)4-8(6)20(18,19)17-11-9(12)10(13)15-5-16-11/h2-5H,14H2,1H3,(H,15,16,17). The van der Waals surface area contributed by atoms with Crippen molar-refractivity contribution in [2.24, 2.45) is 0 Å². The molecular weight excluding hydrogens is 323 g/mol. The topological polar surface area (TPSA) is 98.0 Å². The van der Waals surface area contributed by atoms with E-state index < -0.39 is 10.0 Å². The van der Waals surface area contributed by atoms with Crippen molar-refractivity contribution in [3.63, 3.8) is 0 Å². The number of aromatic nitrogens is 2. The highest BCUT2D eigenvalue weighted by Gasteiger charge is 2.20. The van der Waals surface area contributed by atoms with E-state index in [-0.39, 0.29) is 20.9 Å². The van der Waals surface area contributed by atoms with Crippen LogP contribution in [0.1, 0.15) is 5.56 Å². The van der Waals surface area contributed by atoms with E-state index in [1.165, 1.54) is 6.07 Å². The van der Waals surface area contributed by atoms with Gasteiger partial charge in [-0.2, -0.15) is 0 Å². The van der Waals surface area contributed by atoms with Crippen LogP contribution in [0.4, 0.5) is 11.5 Å². The summed E-state index contributed by atoms with van der Waals surface area (Å²) in [6.45, 7) is 1.66. The molecule has 106 valence electrons. The van der Waals surface area contributed by atoms with Crippen molar-refractivity contribution in [1.82, 2.24) is 9.97 Å². The summed E-state index contributed by atoms with van der Waals surface area (Å²) in [6.07, 6.45) is 1.11. The van der Waals surface area contributed by atoms with E-state index in [0.29, 0.717) is 11.3 Å². The van der Waals surface area contributed by atoms with E-state index in [1.807, 2.05) is 0 Å². The fourth-order valence-electron chi connectivity index (χ4n) is 1.51. The lowest BCUT2D eigenvalue weighted by Crippen LogP contribution is -2.16. The molecule has 0 spiro atoms. The van der Waals surface area contributed by atoms with Crippen LogP contribution in [0.25, 0.3) is 0 Å². The summed E-state index contributed by atoms with van der Waals surface area (Å²) in [5, 5.41) is -0.108. The predicted octanol–water partition coefficient (Wildman–Crippen LogP) is 2.47. The number of hydrogen-bond acceptors (Lipinski definition) is 5. The van der Waals surface area contributed by atoms with E-state index in [1.54, 1.807) is 19.1 Å². The molecule has 0 aliphatic heterocycles. The highest BCUT2D eigenvalue weighted by molar-refractivity contribution is 7.92. The summed E-state index contributed by atoms with van der Waals surface area (Å²) in [4.78, 5) is 7.44. The molecule has 0 unspecified atom stereocenters. The molecule has 1 aromatic carbocycles. The van der Waals surface area contributed by atoms with E-state index in [0.717, 1.165) is 6.33 Å². The maximum absolute atomic E-state index is 12.3. The van der Waals surface area contributed by atoms with Gasteiger partial charge >= 0.3 is 0 Å². The Hall–Kier alpha value is -1.57. The predicted molar refractivity (Wildman–Crippen MR) is 78.5 cm³/mol. The van der Waals surface area contributed by atoms with Crippen LogP contribution in [0.5, 0.6) is 0 Å². The van der Waals surface area contributed by atoms with Gasteiger partial charge in [0.1, 0.15) is 11.3 Å². The Bertz CT molecular complexity index is 765. The van der Waals surface area contributed by atoms with Crippen molar-refractivity contribution in [3.8, 4) is 0 Å². The molecule has 2 aromatic rings. The van der Waals surface area contributed by atoms with Crippen LogP contribution in [0, 0.1) is 6.92 Å². The van der Waals surface area contributed by atoms with E-state index in [4.69, 9.17) is 28.9 Å². The van der Waals surface area contributed by atoms with Gasteiger partial charge in [0.25, 0.3) is 10.0 Å². The molecule has 9 heteroatoms. The van der Waals surface area contributed by atoms with Crippen molar-refractivity contribution in [2.45, 2.75) is 11.8 Å². The Morgan fingerprint density at radius 2 is 1.95 bits per heavy atom. The van der Waals surface area contributed by atoms with E-state index >= 15 is 0 Å². The minimum absolute atomic E-state index is 0.0383. The Balaban J connectivity index is 2.46. The smallest absolute Gasteiger partial charge is 0.263 e. The summed E-state index contributed by atoms with van der Waals surface area (Å²) in [7, 11) is -3.87. The van der Waals surface area contributed by atoms with Crippen LogP contribution < -0.4 is 10.5 Å². The maximum Gasteiger partial charge on any atom is 0.263 e. The Labute approximate surface area is 126 Å². The first-order valence-corrected chi connectivity index (χ1v) is 7.60. The highest BCUT2D eigenvalue weighted by Crippen LogP contribution is 2.28. The lowest BCUT2D eigenvalue weighted by atomic mass is 10.2. The molecule has 0 atom stereocenters. The fraction of sp³-hybridized carbons (Fsp3) is 0.0909. The molecule has 3 N–H and O–H groups in total. The van der Waals surface area contributed by atoms with Gasteiger partial charge < -0.3 is 5.73 Å². The van der Waals surface area contributed by atoms with E-state index in [2.05, 4.69) is 14.7 Å². The number of anilines is 2. The Kier molecular flexibility index (Phi) is 4.03. The second-order valence-electron chi connectivity index (χ2n) is 3.96. The first kappa shape index (κ1) is 14.8. The average Bonchev–Trinajstić information content (AvgIpc) is 2.37. The van der Waals surface area contributed by atoms with Crippen molar-refractivity contribution in [3.05, 3.63) is 40.3 Å². The Morgan fingerprint density at radius 1 is 1.25 bits per heavy atom. The average molecular weight is 333 g/mol. The number of aryl methyl sites for hydroxylation is 1. The fourth-order valence-corrected chi connectivity index (χ4v) is 3.14. The van der Waals surface area contributed by atoms with Gasteiger partial charge in [-0.15, -0.1) is 0 Å². The molecule has 6 nitrogen and oxygen atoms in total. The van der Waals surface area contributed by atoms with Crippen LogP contribution >= 0.6 is 23.2 Å². The molecule has 0 amide bonds. The molecule has 1 heterocycles. The number of rotatable bonds is 3. The summed E-state index contributed by atoms with van der Waals surface area (Å²) in [6, 6.07) is 4.58. The molecule has 0 aliphatic rings. The second-order valence-corrected chi connectivity index (χ2v) is 6.34. The quantitative estimate of drug-likeness (QED) is 0.664. The normalized spacial score (nSPS) is 11.3. The van der Waals surface area contributed by atoms with Crippen LogP contribution in [0.2, 0.25) is 10.2 Å². The van der Waals surface area contributed by atoms with Gasteiger partial charge in [-0.05, 0) is 24.6 Å². The number of nitrogens with two attached hydrogens (primary N) is 1. The second kappa shape index (κ2) is 5.43. The molecule has 0 aliphatic carbocycles. The lowest BCUT2D eigenvalue weighted by molar-refractivity contribution is 0.600. The first-order chi connectivity index (χ1) is 9.31. The van der Waals surface area contributed by atoms with Crippen LogP contribution in [0.3, 0.4) is 0 Å². The van der Waals surface area contributed by atoms with Crippen LogP contribution in [0.15, 0.2) is 29.4 Å². The third kappa shape index (κ3) is 2.95. The van der Waals surface area contributed by atoms with E-state index in [9.17, 15) is 8.42 Å². The molecule has 0 radical (unpaired) electrons. The summed E-state index contributed by atoms with van der Waals surface area (Å²) >= 11 is 11.6. The number of nitrogens with zero attached hydrogens (tertiary/aromatic N) is 2. The largest absolute Gasteiger partial charge is 0.399 e. The zero-order valence-corrected chi connectivity index (χ0v) is 12.6. The lowest BCUT2D eigenvalue weighted by Gasteiger charge is -2.11. The summed E-state index contributed by atoms with van der Waals surface area (Å²) in [5.41, 5.74) is 6.49. The van der Waals surface area contributed by atoms with Crippen molar-refractivity contribution < 1.29 is 8.42 Å². The summed E-state index contributed by atoms with van der Waals surface area (Å²) in [5.74, 6) is -0.0894. The van der Waals surface area contributed by atoms with Gasteiger partial charge in [-0.1, -0.05) is 29.3 Å². The zero-order chi connectivity index (χ0) is 14.9. The third-order valence-electron chi connectivity index (χ3n) is 2.48. The first-order valence-electron chi connectivity index (χ1n) is 5.36. The van der Waals surface area contributed by atoms with Gasteiger partial charge in [0, 0.05) is 5.69 Å². The molecule has 20 heavy (non-hydrogen) atoms. The van der Waals surface area contributed by atoms with Gasteiger partial charge in [-0.3, -0.25) is 4.72 Å². The summed E-state index contributed by atoms with van der Waals surface area (Å²) < 4.78 is 26.9. The molecule has 0 fully saturated rings. The van der Waals surface area contributed by atoms with Crippen LogP contribution in [-0.4, -0.2) is 18.4 Å². The molecular formula is C11H10Cl2N4O2S. The number of halogens is 2. The van der Waals surface area contributed by atoms with Gasteiger partial charge in [0.2, 0.25) is 0 Å². The minimum Gasteiger partial charge on any atom is -0.399 e. The van der Waals surface area contributed by atoms with Crippen LogP contribution in [-0.2, 0) is 10.0 Å². The number of nitrogen functional groups attached to an aromatic ring is 1. The minimum atomic E-state index is -3.87. The molecule has 0 bridgehead atoms. The molecule has 2 rings (SSSR count). The molecule has 0 saturated heterocycles. The van der Waals surface area contributed by atoms with Gasteiger partial charge in [-0.25, -0.2) is 18.4 Å². The zero-order valence-electron chi connectivity index (χ0n) is 10.3. The van der Waals surface area contributed by atoms with Crippen molar-refractivity contribution in [1.29, 1.82) is 0 Å². The molecule has 1 aromatic heterocycles. The third-order valence-corrected chi connectivity index (χ3v) is 4.70. The van der Waals surface area contributed by atoms with Crippen molar-refractivity contribution >= 4 is 44.7 Å². The SMILES string of the molecule is Cc1ccc(N)cc1S(=O)(=O)Nc1ncnc(Cl)c1Cl. The number of sulfonamides is 1. The number of benzene rings is 1.